The third-order valence-corrected chi connectivity index (χ3v) is 2.09. The minimum absolute atomic E-state index is 0.0506. The number of alkyl halides is 3. The van der Waals surface area contributed by atoms with Gasteiger partial charge in [-0.3, -0.25) is 16.1 Å². The van der Waals surface area contributed by atoms with Crippen LogP contribution in [0.2, 0.25) is 0 Å². The molecule has 0 aliphatic carbocycles. The van der Waals surface area contributed by atoms with E-state index in [0.717, 1.165) is 24.3 Å². The first kappa shape index (κ1) is 17.9. The van der Waals surface area contributed by atoms with Crippen molar-refractivity contribution in [2.45, 2.75) is 32.5 Å². The highest BCUT2D eigenvalue weighted by Gasteiger charge is 2.30. The molecule has 1 rings (SSSR count). The van der Waals surface area contributed by atoms with Gasteiger partial charge >= 0.3 is 6.18 Å². The number of hydrogen-bond acceptors (Lipinski definition) is 3. The lowest BCUT2D eigenvalue weighted by atomic mass is 10.1. The molecule has 108 valence electrons. The van der Waals surface area contributed by atoms with Crippen molar-refractivity contribution in [2.24, 2.45) is 5.84 Å². The van der Waals surface area contributed by atoms with E-state index in [1.165, 1.54) is 0 Å². The van der Waals surface area contributed by atoms with E-state index in [-0.39, 0.29) is 11.1 Å². The molecule has 1 aromatic carbocycles. The molecular formula is C12H16ClF3N2O. The van der Waals surface area contributed by atoms with Gasteiger partial charge in [0, 0.05) is 11.1 Å². The number of halogens is 4. The molecule has 0 aliphatic rings. The van der Waals surface area contributed by atoms with E-state index in [0.29, 0.717) is 0 Å². The average molecular weight is 297 g/mol. The molecule has 3 nitrogen and oxygen atoms in total. The fourth-order valence-corrected chi connectivity index (χ4v) is 0.916. The summed E-state index contributed by atoms with van der Waals surface area (Å²) in [6.45, 7) is 6.02. The fourth-order valence-electron chi connectivity index (χ4n) is 0.790. The Bertz CT molecular complexity index is 410. The van der Waals surface area contributed by atoms with Gasteiger partial charge in [-0.05, 0) is 56.6 Å². The van der Waals surface area contributed by atoms with Crippen molar-refractivity contribution in [1.82, 2.24) is 5.43 Å². The van der Waals surface area contributed by atoms with E-state index in [1.54, 1.807) is 0 Å². The smallest absolute Gasteiger partial charge is 0.276 e. The highest BCUT2D eigenvalue weighted by molar-refractivity contribution is 6.67. The molecule has 1 aromatic rings. The van der Waals surface area contributed by atoms with E-state index >= 15 is 0 Å². The molecule has 0 bridgehead atoms. The van der Waals surface area contributed by atoms with Crippen molar-refractivity contribution >= 4 is 16.8 Å². The van der Waals surface area contributed by atoms with Gasteiger partial charge in [0.15, 0.2) is 0 Å². The third kappa shape index (κ3) is 7.81. The van der Waals surface area contributed by atoms with Gasteiger partial charge in [0.2, 0.25) is 0 Å². The Hall–Kier alpha value is -1.11. The highest BCUT2D eigenvalue weighted by Crippen LogP contribution is 2.29. The number of nitrogens with two attached hydrogens (primary N) is 1. The summed E-state index contributed by atoms with van der Waals surface area (Å²) < 4.78 is 36.0. The van der Waals surface area contributed by atoms with Crippen LogP contribution in [0.3, 0.4) is 0 Å². The Balaban J connectivity index is 0.000000459. The molecule has 0 spiro atoms. The quantitative estimate of drug-likeness (QED) is 0.475. The summed E-state index contributed by atoms with van der Waals surface area (Å²) in [6, 6.07) is 3.71. The summed E-state index contributed by atoms with van der Waals surface area (Å²) >= 11 is 5.05. The number of carbonyl (C=O) groups excluding carboxylic acids is 1. The average Bonchev–Trinajstić information content (AvgIpc) is 2.28. The molecule has 0 saturated heterocycles. The summed E-state index contributed by atoms with van der Waals surface area (Å²) in [6.07, 6.45) is -4.38. The van der Waals surface area contributed by atoms with Crippen LogP contribution < -0.4 is 11.3 Å². The summed E-state index contributed by atoms with van der Waals surface area (Å²) in [5.74, 6) is 5.06. The van der Waals surface area contributed by atoms with E-state index in [9.17, 15) is 18.0 Å². The van der Waals surface area contributed by atoms with Gasteiger partial charge in [0.25, 0.3) is 5.24 Å². The zero-order valence-corrected chi connectivity index (χ0v) is 11.6. The molecule has 0 aliphatic heterocycles. The summed E-state index contributed by atoms with van der Waals surface area (Å²) in [5.41, 5.74) is 1.93. The van der Waals surface area contributed by atoms with E-state index in [4.69, 9.17) is 17.4 Å². The lowest BCUT2D eigenvalue weighted by molar-refractivity contribution is -0.137. The molecule has 0 heterocycles. The lowest BCUT2D eigenvalue weighted by Crippen LogP contribution is -2.41. The van der Waals surface area contributed by atoms with Crippen LogP contribution in [0.1, 0.15) is 36.7 Å². The van der Waals surface area contributed by atoms with Crippen molar-refractivity contribution in [3.63, 3.8) is 0 Å². The number of hydrazine groups is 1. The third-order valence-electron chi connectivity index (χ3n) is 1.87. The van der Waals surface area contributed by atoms with Gasteiger partial charge in [-0.2, -0.15) is 13.2 Å². The first-order chi connectivity index (χ1) is 8.47. The van der Waals surface area contributed by atoms with Gasteiger partial charge in [-0.25, -0.2) is 0 Å². The zero-order valence-electron chi connectivity index (χ0n) is 10.8. The molecule has 0 unspecified atom stereocenters. The van der Waals surface area contributed by atoms with E-state index in [1.807, 2.05) is 20.8 Å². The Morgan fingerprint density at radius 3 is 1.74 bits per heavy atom. The molecule has 7 heteroatoms. The van der Waals surface area contributed by atoms with E-state index < -0.39 is 17.0 Å². The Morgan fingerprint density at radius 1 is 1.16 bits per heavy atom. The monoisotopic (exact) mass is 296 g/mol. The minimum Gasteiger partial charge on any atom is -0.276 e. The largest absolute Gasteiger partial charge is 0.416 e. The molecule has 19 heavy (non-hydrogen) atoms. The van der Waals surface area contributed by atoms with Gasteiger partial charge in [-0.1, -0.05) is 0 Å². The molecule has 0 radical (unpaired) electrons. The van der Waals surface area contributed by atoms with Crippen LogP contribution in [0.5, 0.6) is 0 Å². The van der Waals surface area contributed by atoms with Crippen molar-refractivity contribution in [1.29, 1.82) is 0 Å². The van der Waals surface area contributed by atoms with Crippen molar-refractivity contribution in [2.75, 3.05) is 0 Å². The van der Waals surface area contributed by atoms with Crippen molar-refractivity contribution in [3.8, 4) is 0 Å². The Kier molecular flexibility index (Phi) is 6.48. The lowest BCUT2D eigenvalue weighted by Gasteiger charge is -2.14. The summed E-state index contributed by atoms with van der Waals surface area (Å²) in [4.78, 5) is 10.5. The molecule has 0 fully saturated rings. The van der Waals surface area contributed by atoms with Gasteiger partial charge < -0.3 is 0 Å². The van der Waals surface area contributed by atoms with Crippen LogP contribution in [-0.4, -0.2) is 10.8 Å². The van der Waals surface area contributed by atoms with Crippen LogP contribution in [-0.2, 0) is 6.18 Å². The standard InChI is InChI=1S/C8H4ClF3O.C4H12N2/c9-7(13)5-1-3-6(4-2-5)8(10,11)12;1-4(2,3)6-5/h1-4H;6H,5H2,1-3H3. The Labute approximate surface area is 114 Å². The fraction of sp³-hybridized carbons (Fsp3) is 0.417. The summed E-state index contributed by atoms with van der Waals surface area (Å²) in [7, 11) is 0. The maximum absolute atomic E-state index is 12.0. The predicted octanol–water partition coefficient (Wildman–Crippen LogP) is 3.33. The maximum Gasteiger partial charge on any atom is 0.416 e. The topological polar surface area (TPSA) is 55.1 Å². The number of rotatable bonds is 1. The molecule has 0 saturated carbocycles. The van der Waals surface area contributed by atoms with Crippen LogP contribution in [0.15, 0.2) is 24.3 Å². The number of carbonyl (C=O) groups is 1. The van der Waals surface area contributed by atoms with Crippen molar-refractivity contribution < 1.29 is 18.0 Å². The van der Waals surface area contributed by atoms with Crippen LogP contribution in [0, 0.1) is 0 Å². The highest BCUT2D eigenvalue weighted by atomic mass is 35.5. The zero-order chi connectivity index (χ0) is 15.3. The SMILES string of the molecule is CC(C)(C)NN.O=C(Cl)c1ccc(C(F)(F)F)cc1. The van der Waals surface area contributed by atoms with Crippen LogP contribution >= 0.6 is 11.6 Å². The molecule has 3 N–H and O–H groups in total. The molecule has 0 amide bonds. The number of hydrogen-bond donors (Lipinski definition) is 2. The van der Waals surface area contributed by atoms with Crippen LogP contribution in [0.4, 0.5) is 13.2 Å². The first-order valence-corrected chi connectivity index (χ1v) is 5.70. The second-order valence-electron chi connectivity index (χ2n) is 4.74. The predicted molar refractivity (Wildman–Crippen MR) is 68.7 cm³/mol. The first-order valence-electron chi connectivity index (χ1n) is 5.32. The summed E-state index contributed by atoms with van der Waals surface area (Å²) in [5, 5.41) is -0.770. The van der Waals surface area contributed by atoms with Gasteiger partial charge in [0.05, 0.1) is 5.56 Å². The van der Waals surface area contributed by atoms with Crippen molar-refractivity contribution in [3.05, 3.63) is 35.4 Å². The Morgan fingerprint density at radius 2 is 1.53 bits per heavy atom. The van der Waals surface area contributed by atoms with Gasteiger partial charge in [0.1, 0.15) is 0 Å². The normalized spacial score (nSPS) is 11.6. The maximum atomic E-state index is 12.0. The van der Waals surface area contributed by atoms with Gasteiger partial charge in [-0.15, -0.1) is 0 Å². The molecule has 0 aromatic heterocycles. The van der Waals surface area contributed by atoms with E-state index in [2.05, 4.69) is 5.43 Å². The number of nitrogens with one attached hydrogen (secondary N) is 1. The molecular weight excluding hydrogens is 281 g/mol. The minimum atomic E-state index is -4.38. The number of benzene rings is 1. The second-order valence-corrected chi connectivity index (χ2v) is 5.09. The molecule has 0 atom stereocenters. The van der Waals surface area contributed by atoms with Crippen LogP contribution in [0.25, 0.3) is 0 Å². The second kappa shape index (κ2) is 6.88.